The fourth-order valence-electron chi connectivity index (χ4n) is 1.21. The summed E-state index contributed by atoms with van der Waals surface area (Å²) in [7, 11) is 4.27. The number of amides is 2. The Labute approximate surface area is 121 Å². The molecule has 0 aromatic heterocycles. The Morgan fingerprint density at radius 2 is 1.58 bits per heavy atom. The molecule has 110 valence electrons. The topological polar surface area (TPSA) is 84.5 Å². The van der Waals surface area contributed by atoms with Crippen LogP contribution in [0.25, 0.3) is 0 Å². The highest BCUT2D eigenvalue weighted by Gasteiger charge is 2.20. The van der Waals surface area contributed by atoms with Gasteiger partial charge in [-0.15, -0.1) is 0 Å². The van der Waals surface area contributed by atoms with E-state index in [9.17, 15) is 14.4 Å². The monoisotopic (exact) mass is 308 g/mol. The van der Waals surface area contributed by atoms with Gasteiger partial charge < -0.3 is 15.4 Å². The number of esters is 1. The van der Waals surface area contributed by atoms with Gasteiger partial charge in [0.2, 0.25) is 11.8 Å². The first-order chi connectivity index (χ1) is 8.86. The molecular formula is C11H20N2O4S2. The molecule has 0 fully saturated rings. The van der Waals surface area contributed by atoms with E-state index in [1.165, 1.54) is 42.5 Å². The van der Waals surface area contributed by atoms with Gasteiger partial charge in [0.1, 0.15) is 6.04 Å². The Morgan fingerprint density at radius 1 is 1.05 bits per heavy atom. The van der Waals surface area contributed by atoms with Gasteiger partial charge in [0.15, 0.2) is 0 Å². The molecule has 0 aliphatic heterocycles. The maximum Gasteiger partial charge on any atom is 0.329 e. The van der Waals surface area contributed by atoms with E-state index in [2.05, 4.69) is 15.4 Å². The van der Waals surface area contributed by atoms with Crippen LogP contribution in [0.5, 0.6) is 0 Å². The number of hydrogen-bond acceptors (Lipinski definition) is 6. The molecule has 0 bridgehead atoms. The highest BCUT2D eigenvalue weighted by molar-refractivity contribution is 8.76. The lowest BCUT2D eigenvalue weighted by atomic mass is 10.3. The molecule has 6 nitrogen and oxygen atoms in total. The van der Waals surface area contributed by atoms with Crippen molar-refractivity contribution in [2.75, 3.05) is 18.6 Å². The standard InChI is InChI=1S/C11H20N2O4S2/c1-7(12-8(2)14)5-18-19-6-10(11(16)17-4)13-9(3)15/h7,10H,5-6H2,1-4H3,(H,12,14)(H,13,15). The number of hydrogen-bond donors (Lipinski definition) is 2. The number of nitrogens with one attached hydrogen (secondary N) is 2. The normalized spacial score (nSPS) is 13.3. The second kappa shape index (κ2) is 9.96. The molecule has 2 unspecified atom stereocenters. The summed E-state index contributed by atoms with van der Waals surface area (Å²) in [6.45, 7) is 4.73. The molecule has 0 spiro atoms. The zero-order chi connectivity index (χ0) is 14.8. The van der Waals surface area contributed by atoms with Crippen LogP contribution in [-0.4, -0.2) is 48.5 Å². The van der Waals surface area contributed by atoms with Crippen molar-refractivity contribution in [1.82, 2.24) is 10.6 Å². The quantitative estimate of drug-likeness (QED) is 0.387. The van der Waals surface area contributed by atoms with E-state index in [0.717, 1.165) is 5.75 Å². The van der Waals surface area contributed by atoms with Crippen molar-refractivity contribution < 1.29 is 19.1 Å². The van der Waals surface area contributed by atoms with Gasteiger partial charge in [-0.25, -0.2) is 4.79 Å². The summed E-state index contributed by atoms with van der Waals surface area (Å²) >= 11 is 0. The van der Waals surface area contributed by atoms with Gasteiger partial charge in [-0.2, -0.15) is 0 Å². The van der Waals surface area contributed by atoms with Gasteiger partial charge in [-0.1, -0.05) is 21.6 Å². The molecule has 2 N–H and O–H groups in total. The predicted octanol–water partition coefficient (Wildman–Crippen LogP) is 0.570. The summed E-state index contributed by atoms with van der Waals surface area (Å²) in [4.78, 5) is 33.2. The smallest absolute Gasteiger partial charge is 0.329 e. The molecule has 0 aliphatic carbocycles. The van der Waals surface area contributed by atoms with Crippen molar-refractivity contribution >= 4 is 39.4 Å². The van der Waals surface area contributed by atoms with Crippen molar-refractivity contribution in [2.45, 2.75) is 32.9 Å². The number of ether oxygens (including phenoxy) is 1. The fraction of sp³-hybridized carbons (Fsp3) is 0.727. The van der Waals surface area contributed by atoms with Gasteiger partial charge in [-0.05, 0) is 6.92 Å². The number of carbonyl (C=O) groups is 3. The number of methoxy groups -OCH3 is 1. The summed E-state index contributed by atoms with van der Waals surface area (Å²) in [6, 6.07) is -0.580. The van der Waals surface area contributed by atoms with E-state index in [4.69, 9.17) is 0 Å². The van der Waals surface area contributed by atoms with Crippen LogP contribution in [0.1, 0.15) is 20.8 Å². The summed E-state index contributed by atoms with van der Waals surface area (Å²) < 4.78 is 4.61. The van der Waals surface area contributed by atoms with E-state index in [0.29, 0.717) is 5.75 Å². The molecule has 0 aromatic rings. The number of rotatable bonds is 8. The highest BCUT2D eigenvalue weighted by Crippen LogP contribution is 2.23. The van der Waals surface area contributed by atoms with E-state index in [1.807, 2.05) is 6.92 Å². The highest BCUT2D eigenvalue weighted by atomic mass is 33.1. The predicted molar refractivity (Wildman–Crippen MR) is 77.8 cm³/mol. The van der Waals surface area contributed by atoms with Crippen LogP contribution in [0.4, 0.5) is 0 Å². The van der Waals surface area contributed by atoms with Crippen LogP contribution in [-0.2, 0) is 19.1 Å². The van der Waals surface area contributed by atoms with E-state index in [1.54, 1.807) is 0 Å². The molecule has 0 heterocycles. The average Bonchev–Trinajstić information content (AvgIpc) is 2.30. The molecule has 0 saturated carbocycles. The van der Waals surface area contributed by atoms with Crippen LogP contribution < -0.4 is 10.6 Å². The van der Waals surface area contributed by atoms with Crippen molar-refractivity contribution in [3.05, 3.63) is 0 Å². The molecule has 0 aromatic carbocycles. The van der Waals surface area contributed by atoms with Crippen LogP contribution >= 0.6 is 21.6 Å². The van der Waals surface area contributed by atoms with E-state index >= 15 is 0 Å². The van der Waals surface area contributed by atoms with Crippen molar-refractivity contribution in [1.29, 1.82) is 0 Å². The third kappa shape index (κ3) is 9.66. The van der Waals surface area contributed by atoms with Gasteiger partial charge >= 0.3 is 5.97 Å². The number of carbonyl (C=O) groups excluding carboxylic acids is 3. The Bertz CT molecular complexity index is 326. The lowest BCUT2D eigenvalue weighted by Crippen LogP contribution is -2.42. The van der Waals surface area contributed by atoms with Gasteiger partial charge in [0, 0.05) is 31.4 Å². The summed E-state index contributed by atoms with van der Waals surface area (Å²) in [5.74, 6) is 0.344. The van der Waals surface area contributed by atoms with Crippen molar-refractivity contribution in [2.24, 2.45) is 0 Å². The Kier molecular flexibility index (Phi) is 9.50. The zero-order valence-electron chi connectivity index (χ0n) is 11.5. The van der Waals surface area contributed by atoms with Gasteiger partial charge in [0.05, 0.1) is 7.11 Å². The molecule has 19 heavy (non-hydrogen) atoms. The molecule has 2 atom stereocenters. The van der Waals surface area contributed by atoms with Crippen molar-refractivity contribution in [3.63, 3.8) is 0 Å². The minimum absolute atomic E-state index is 0.0624. The summed E-state index contributed by atoms with van der Waals surface area (Å²) in [6.07, 6.45) is 0. The first-order valence-electron chi connectivity index (χ1n) is 5.73. The van der Waals surface area contributed by atoms with Crippen LogP contribution in [0.15, 0.2) is 0 Å². The maximum atomic E-state index is 11.4. The van der Waals surface area contributed by atoms with Crippen LogP contribution in [0, 0.1) is 0 Å². The SMILES string of the molecule is COC(=O)C(CSSCC(C)NC(C)=O)NC(C)=O. The van der Waals surface area contributed by atoms with E-state index in [-0.39, 0.29) is 17.9 Å². The molecule has 0 aliphatic rings. The molecule has 2 amide bonds. The average molecular weight is 308 g/mol. The van der Waals surface area contributed by atoms with Gasteiger partial charge in [-0.3, -0.25) is 9.59 Å². The molecule has 0 rings (SSSR count). The largest absolute Gasteiger partial charge is 0.467 e. The Hall–Kier alpha value is -0.890. The van der Waals surface area contributed by atoms with E-state index < -0.39 is 12.0 Å². The second-order valence-electron chi connectivity index (χ2n) is 3.95. The molecule has 0 radical (unpaired) electrons. The lowest BCUT2D eigenvalue weighted by Gasteiger charge is -2.15. The maximum absolute atomic E-state index is 11.4. The molecule has 8 heteroatoms. The van der Waals surface area contributed by atoms with Crippen LogP contribution in [0.2, 0.25) is 0 Å². The first-order valence-corrected chi connectivity index (χ1v) is 8.22. The second-order valence-corrected chi connectivity index (χ2v) is 6.50. The Morgan fingerprint density at radius 3 is 2.05 bits per heavy atom. The molecular weight excluding hydrogens is 288 g/mol. The van der Waals surface area contributed by atoms with Crippen molar-refractivity contribution in [3.8, 4) is 0 Å². The third-order valence-electron chi connectivity index (χ3n) is 1.95. The Balaban J connectivity index is 3.95. The minimum atomic E-state index is -0.643. The first kappa shape index (κ1) is 18.1. The lowest BCUT2D eigenvalue weighted by molar-refractivity contribution is -0.144. The van der Waals surface area contributed by atoms with Gasteiger partial charge in [0.25, 0.3) is 0 Å². The summed E-state index contributed by atoms with van der Waals surface area (Å²) in [5, 5.41) is 5.30. The summed E-state index contributed by atoms with van der Waals surface area (Å²) in [5.41, 5.74) is 0. The zero-order valence-corrected chi connectivity index (χ0v) is 13.2. The van der Waals surface area contributed by atoms with Crippen LogP contribution in [0.3, 0.4) is 0 Å². The fourth-order valence-corrected chi connectivity index (χ4v) is 3.64. The third-order valence-corrected chi connectivity index (χ3v) is 4.54. The molecule has 0 saturated heterocycles. The minimum Gasteiger partial charge on any atom is -0.467 e.